The second kappa shape index (κ2) is 13.0. The molecule has 1 unspecified atom stereocenters. The summed E-state index contributed by atoms with van der Waals surface area (Å²) >= 11 is 0. The van der Waals surface area contributed by atoms with E-state index in [0.717, 1.165) is 36.0 Å². The lowest BCUT2D eigenvalue weighted by molar-refractivity contribution is -0.00313. The molecule has 12 nitrogen and oxygen atoms in total. The summed E-state index contributed by atoms with van der Waals surface area (Å²) in [5, 5.41) is 17.2. The Hall–Kier alpha value is -5.23. The van der Waals surface area contributed by atoms with Crippen LogP contribution in [0.1, 0.15) is 68.5 Å². The Balaban J connectivity index is 1.04. The third kappa shape index (κ3) is 6.43. The Kier molecular flexibility index (Phi) is 8.71. The van der Waals surface area contributed by atoms with Crippen molar-refractivity contribution in [3.63, 3.8) is 0 Å². The van der Waals surface area contributed by atoms with E-state index in [1.54, 1.807) is 54.4 Å². The number of H-pyrrole nitrogens is 1. The van der Waals surface area contributed by atoms with Crippen molar-refractivity contribution in [1.82, 2.24) is 30.1 Å². The van der Waals surface area contributed by atoms with Gasteiger partial charge in [0.05, 0.1) is 0 Å². The van der Waals surface area contributed by atoms with Gasteiger partial charge in [-0.25, -0.2) is 9.97 Å². The summed E-state index contributed by atoms with van der Waals surface area (Å²) in [6, 6.07) is 18.4. The molecule has 2 aromatic carbocycles. The number of aliphatic hydroxyl groups excluding tert-OH is 1. The molecule has 238 valence electrons. The molecular formula is C34H38N8O4. The van der Waals surface area contributed by atoms with Gasteiger partial charge in [0.15, 0.2) is 5.82 Å². The summed E-state index contributed by atoms with van der Waals surface area (Å²) in [6.45, 7) is 3.52. The first-order valence-electron chi connectivity index (χ1n) is 15.5. The molecule has 0 saturated heterocycles. The summed E-state index contributed by atoms with van der Waals surface area (Å²) < 4.78 is 0. The van der Waals surface area contributed by atoms with E-state index >= 15 is 0 Å². The van der Waals surface area contributed by atoms with Crippen LogP contribution in [0.15, 0.2) is 66.9 Å². The quantitative estimate of drug-likeness (QED) is 0.197. The Morgan fingerprint density at radius 3 is 2.39 bits per heavy atom. The summed E-state index contributed by atoms with van der Waals surface area (Å²) in [5.74, 6) is 1.07. The fraction of sp³-hybridized carbons (Fsp3) is 0.324. The highest BCUT2D eigenvalue weighted by Crippen LogP contribution is 2.37. The van der Waals surface area contributed by atoms with E-state index in [-0.39, 0.29) is 23.8 Å². The van der Waals surface area contributed by atoms with Gasteiger partial charge in [-0.15, -0.1) is 0 Å². The fourth-order valence-corrected chi connectivity index (χ4v) is 5.46. The zero-order chi connectivity index (χ0) is 32.4. The number of fused-ring (bicyclic) bond motifs is 1. The van der Waals surface area contributed by atoms with Crippen molar-refractivity contribution in [2.45, 2.75) is 51.7 Å². The van der Waals surface area contributed by atoms with Gasteiger partial charge in [0, 0.05) is 62.7 Å². The lowest BCUT2D eigenvalue weighted by Gasteiger charge is -2.40. The van der Waals surface area contributed by atoms with Crippen LogP contribution in [0.5, 0.6) is 0 Å². The van der Waals surface area contributed by atoms with E-state index in [4.69, 9.17) is 0 Å². The zero-order valence-corrected chi connectivity index (χ0v) is 26.2. The first kappa shape index (κ1) is 30.8. The number of carbonyl (C=O) groups is 3. The molecule has 1 saturated carbocycles. The number of carbonyl (C=O) groups excluding carboxylic acids is 3. The first-order valence-corrected chi connectivity index (χ1v) is 15.5. The monoisotopic (exact) mass is 622 g/mol. The molecule has 0 radical (unpaired) electrons. The smallest absolute Gasteiger partial charge is 0.277 e. The maximum atomic E-state index is 13.2. The van der Waals surface area contributed by atoms with Crippen molar-refractivity contribution >= 4 is 29.4 Å². The van der Waals surface area contributed by atoms with Crippen LogP contribution >= 0.6 is 0 Å². The maximum Gasteiger partial charge on any atom is 0.277 e. The largest absolute Gasteiger partial charge is 0.366 e. The maximum absolute atomic E-state index is 13.2. The van der Waals surface area contributed by atoms with E-state index in [0.29, 0.717) is 53.9 Å². The molecular weight excluding hydrogens is 584 g/mol. The average molecular weight is 623 g/mol. The molecule has 4 N–H and O–H groups in total. The van der Waals surface area contributed by atoms with Crippen LogP contribution in [0.3, 0.4) is 0 Å². The molecule has 6 rings (SSSR count). The molecule has 0 bridgehead atoms. The van der Waals surface area contributed by atoms with Crippen LogP contribution in [0.25, 0.3) is 11.4 Å². The van der Waals surface area contributed by atoms with Gasteiger partial charge < -0.3 is 30.5 Å². The molecule has 1 aliphatic carbocycles. The van der Waals surface area contributed by atoms with E-state index in [1.807, 2.05) is 43.3 Å². The van der Waals surface area contributed by atoms with Gasteiger partial charge in [0.2, 0.25) is 6.35 Å². The highest BCUT2D eigenvalue weighted by Gasteiger charge is 2.45. The van der Waals surface area contributed by atoms with Gasteiger partial charge in [-0.05, 0) is 60.7 Å². The SMILES string of the molecule is CCCN1c2nc(-c3ccc(NCc4ccc(CNC(=O)c5cccc(C(=O)N(C)C)c5)cc4)nc3)[nH]c2C(=O)N(C2CC2)C1O. The minimum atomic E-state index is -1.01. The van der Waals surface area contributed by atoms with Gasteiger partial charge in [-0.3, -0.25) is 19.3 Å². The minimum Gasteiger partial charge on any atom is -0.366 e. The number of imidazole rings is 1. The Morgan fingerprint density at radius 1 is 1.02 bits per heavy atom. The predicted octanol–water partition coefficient (Wildman–Crippen LogP) is 3.83. The van der Waals surface area contributed by atoms with Gasteiger partial charge in [-0.1, -0.05) is 37.3 Å². The number of aliphatic hydroxyl groups is 1. The molecule has 4 aromatic rings. The third-order valence-corrected chi connectivity index (χ3v) is 8.10. The van der Waals surface area contributed by atoms with E-state index in [2.05, 4.69) is 25.6 Å². The molecule has 3 amide bonds. The highest BCUT2D eigenvalue weighted by molar-refractivity contribution is 6.00. The van der Waals surface area contributed by atoms with Crippen LogP contribution in [0.4, 0.5) is 11.6 Å². The number of hydrogen-bond acceptors (Lipinski definition) is 8. The summed E-state index contributed by atoms with van der Waals surface area (Å²) in [6.07, 6.45) is 3.30. The second-order valence-electron chi connectivity index (χ2n) is 11.8. The number of aromatic nitrogens is 3. The Labute approximate surface area is 267 Å². The number of benzene rings is 2. The lowest BCUT2D eigenvalue weighted by atomic mass is 10.1. The number of aromatic amines is 1. The Bertz CT molecular complexity index is 1730. The first-order chi connectivity index (χ1) is 22.2. The molecule has 0 spiro atoms. The topological polar surface area (TPSA) is 147 Å². The van der Waals surface area contributed by atoms with E-state index in [1.165, 1.54) is 4.90 Å². The standard InChI is InChI=1S/C34H38N8O4/c1-4-16-41-30-28(33(45)42(34(41)46)26-13-14-26)38-29(39-30)25-12-15-27(36-20-25)35-18-21-8-10-22(11-9-21)19-37-31(43)23-6-5-7-24(17-23)32(44)40(2)3/h5-12,15,17,20,26,34,46H,4,13-14,16,18-19H2,1-3H3,(H,35,36)(H,37,43)(H,38,39). The molecule has 2 aliphatic rings. The van der Waals surface area contributed by atoms with E-state index in [9.17, 15) is 19.5 Å². The van der Waals surface area contributed by atoms with Crippen LogP contribution in [-0.2, 0) is 13.1 Å². The van der Waals surface area contributed by atoms with Gasteiger partial charge in [-0.2, -0.15) is 0 Å². The van der Waals surface area contributed by atoms with E-state index < -0.39 is 6.35 Å². The number of nitrogens with one attached hydrogen (secondary N) is 3. The summed E-state index contributed by atoms with van der Waals surface area (Å²) in [7, 11) is 3.35. The number of amides is 3. The van der Waals surface area contributed by atoms with Crippen molar-refractivity contribution < 1.29 is 19.5 Å². The molecule has 46 heavy (non-hydrogen) atoms. The Morgan fingerprint density at radius 2 is 1.74 bits per heavy atom. The number of nitrogens with zero attached hydrogens (tertiary/aromatic N) is 5. The molecule has 2 aromatic heterocycles. The van der Waals surface area contributed by atoms with Gasteiger partial charge in [0.1, 0.15) is 17.3 Å². The second-order valence-corrected chi connectivity index (χ2v) is 11.8. The third-order valence-electron chi connectivity index (χ3n) is 8.10. The lowest BCUT2D eigenvalue weighted by Crippen LogP contribution is -2.56. The minimum absolute atomic E-state index is 0.0707. The van der Waals surface area contributed by atoms with Crippen molar-refractivity contribution in [2.24, 2.45) is 0 Å². The molecule has 1 atom stereocenters. The molecule has 1 fully saturated rings. The van der Waals surface area contributed by atoms with Gasteiger partial charge >= 0.3 is 0 Å². The molecule has 1 aliphatic heterocycles. The number of anilines is 2. The zero-order valence-electron chi connectivity index (χ0n) is 26.2. The number of hydrogen-bond donors (Lipinski definition) is 4. The average Bonchev–Trinajstić information content (AvgIpc) is 3.81. The van der Waals surface area contributed by atoms with Crippen LogP contribution < -0.4 is 15.5 Å². The van der Waals surface area contributed by atoms with Gasteiger partial charge in [0.25, 0.3) is 17.7 Å². The highest BCUT2D eigenvalue weighted by atomic mass is 16.3. The summed E-state index contributed by atoms with van der Waals surface area (Å²) in [4.78, 5) is 55.3. The van der Waals surface area contributed by atoms with Crippen LogP contribution in [0.2, 0.25) is 0 Å². The predicted molar refractivity (Wildman–Crippen MR) is 174 cm³/mol. The van der Waals surface area contributed by atoms with Crippen LogP contribution in [0, 0.1) is 0 Å². The number of pyridine rings is 1. The van der Waals surface area contributed by atoms with Crippen LogP contribution in [-0.4, -0.2) is 80.6 Å². The normalized spacial score (nSPS) is 15.8. The molecule has 3 heterocycles. The molecule has 12 heteroatoms. The van der Waals surface area contributed by atoms with Crippen molar-refractivity contribution in [3.05, 3.63) is 94.8 Å². The fourth-order valence-electron chi connectivity index (χ4n) is 5.46. The van der Waals surface area contributed by atoms with Crippen molar-refractivity contribution in [1.29, 1.82) is 0 Å². The van der Waals surface area contributed by atoms with Crippen molar-refractivity contribution in [3.8, 4) is 11.4 Å². The van der Waals surface area contributed by atoms with Crippen molar-refractivity contribution in [2.75, 3.05) is 30.9 Å². The summed E-state index contributed by atoms with van der Waals surface area (Å²) in [5.41, 5.74) is 4.03. The number of rotatable bonds is 11.